The lowest BCUT2D eigenvalue weighted by molar-refractivity contribution is 1.08. The van der Waals surface area contributed by atoms with Crippen LogP contribution in [0, 0.1) is 6.92 Å². The number of aromatic nitrogens is 2. The molecule has 0 unspecified atom stereocenters. The molecule has 0 saturated carbocycles. The summed E-state index contributed by atoms with van der Waals surface area (Å²) >= 11 is 5.48. The monoisotopic (exact) mass is 116 g/mol. The zero-order chi connectivity index (χ0) is 5.28. The van der Waals surface area contributed by atoms with Gasteiger partial charge >= 0.3 is 0 Å². The molecule has 2 nitrogen and oxygen atoms in total. The topological polar surface area (TPSA) is 17.8 Å². The average molecular weight is 117 g/mol. The van der Waals surface area contributed by atoms with Gasteiger partial charge in [0.1, 0.15) is 5.82 Å². The Bertz CT molecular complexity index is 142. The number of rotatable bonds is 0. The van der Waals surface area contributed by atoms with Gasteiger partial charge in [-0.1, -0.05) is 0 Å². The van der Waals surface area contributed by atoms with E-state index in [2.05, 4.69) is 4.98 Å². The molecule has 0 aliphatic heterocycles. The van der Waals surface area contributed by atoms with Crippen molar-refractivity contribution in [3.63, 3.8) is 0 Å². The van der Waals surface area contributed by atoms with Crippen LogP contribution in [0.4, 0.5) is 0 Å². The lowest BCUT2D eigenvalue weighted by Gasteiger charge is -1.83. The predicted octanol–water partition coefficient (Wildman–Crippen LogP) is 1.19. The Kier molecular flexibility index (Phi) is 1.02. The van der Waals surface area contributed by atoms with Gasteiger partial charge in [0.25, 0.3) is 0 Å². The predicted molar refractivity (Wildman–Crippen MR) is 28.2 cm³/mol. The second kappa shape index (κ2) is 1.54. The first-order valence-corrected chi connectivity index (χ1v) is 2.30. The van der Waals surface area contributed by atoms with E-state index in [1.165, 1.54) is 4.09 Å². The summed E-state index contributed by atoms with van der Waals surface area (Å²) < 4.78 is 1.44. The van der Waals surface area contributed by atoms with Gasteiger partial charge in [0.05, 0.1) is 0 Å². The minimum Gasteiger partial charge on any atom is -0.246 e. The lowest BCUT2D eigenvalue weighted by atomic mass is 10.8. The van der Waals surface area contributed by atoms with Crippen LogP contribution in [0.15, 0.2) is 12.4 Å². The van der Waals surface area contributed by atoms with Crippen molar-refractivity contribution in [1.82, 2.24) is 9.07 Å². The molecule has 1 heterocycles. The average Bonchev–Trinajstić information content (AvgIpc) is 1.91. The van der Waals surface area contributed by atoms with Crippen LogP contribution in [-0.2, 0) is 0 Å². The first-order chi connectivity index (χ1) is 3.30. The highest BCUT2D eigenvalue weighted by molar-refractivity contribution is 6.15. The fraction of sp³-hybridized carbons (Fsp3) is 0.250. The lowest BCUT2D eigenvalue weighted by Crippen LogP contribution is -1.79. The summed E-state index contributed by atoms with van der Waals surface area (Å²) in [6.07, 6.45) is 3.35. The van der Waals surface area contributed by atoms with Crippen molar-refractivity contribution in [2.24, 2.45) is 0 Å². The van der Waals surface area contributed by atoms with Gasteiger partial charge in [-0.3, -0.25) is 0 Å². The van der Waals surface area contributed by atoms with E-state index in [0.717, 1.165) is 5.82 Å². The molecule has 38 valence electrons. The van der Waals surface area contributed by atoms with Gasteiger partial charge < -0.3 is 0 Å². The molecule has 1 aromatic rings. The van der Waals surface area contributed by atoms with Gasteiger partial charge in [-0.25, -0.2) is 9.07 Å². The summed E-state index contributed by atoms with van der Waals surface area (Å²) in [6, 6.07) is 0. The summed E-state index contributed by atoms with van der Waals surface area (Å²) in [4.78, 5) is 3.85. The van der Waals surface area contributed by atoms with Gasteiger partial charge in [-0.2, -0.15) is 0 Å². The molecule has 1 rings (SSSR count). The molecule has 0 N–H and O–H groups in total. The van der Waals surface area contributed by atoms with E-state index >= 15 is 0 Å². The van der Waals surface area contributed by atoms with Crippen LogP contribution in [-0.4, -0.2) is 9.07 Å². The van der Waals surface area contributed by atoms with Crippen LogP contribution in [0.3, 0.4) is 0 Å². The summed E-state index contributed by atoms with van der Waals surface area (Å²) in [5.74, 6) is 0.821. The Hall–Kier alpha value is -0.500. The number of hydrogen-bond acceptors (Lipinski definition) is 1. The van der Waals surface area contributed by atoms with E-state index in [-0.39, 0.29) is 0 Å². The van der Waals surface area contributed by atoms with Gasteiger partial charge in [-0.05, 0) is 6.92 Å². The molecule has 0 fully saturated rings. The maximum Gasteiger partial charge on any atom is 0.120 e. The molecular weight excluding hydrogens is 112 g/mol. The molecule has 0 aromatic carbocycles. The van der Waals surface area contributed by atoms with E-state index in [0.29, 0.717) is 0 Å². The maximum atomic E-state index is 5.48. The number of halogens is 1. The van der Waals surface area contributed by atoms with Crippen LogP contribution in [0.25, 0.3) is 0 Å². The third-order valence-electron chi connectivity index (χ3n) is 0.768. The van der Waals surface area contributed by atoms with E-state index in [1.807, 2.05) is 6.92 Å². The molecule has 0 spiro atoms. The third kappa shape index (κ3) is 0.747. The van der Waals surface area contributed by atoms with Crippen molar-refractivity contribution in [3.8, 4) is 0 Å². The van der Waals surface area contributed by atoms with E-state index in [4.69, 9.17) is 11.8 Å². The number of aryl methyl sites for hydroxylation is 1. The quantitative estimate of drug-likeness (QED) is 0.498. The summed E-state index contributed by atoms with van der Waals surface area (Å²) in [5, 5.41) is 0. The Balaban J connectivity index is 3.12. The third-order valence-corrected chi connectivity index (χ3v) is 1.13. The largest absolute Gasteiger partial charge is 0.246 e. The summed E-state index contributed by atoms with van der Waals surface area (Å²) in [5.41, 5.74) is 0. The molecule has 0 radical (unpaired) electrons. The fourth-order valence-electron chi connectivity index (χ4n) is 0.363. The van der Waals surface area contributed by atoms with Crippen molar-refractivity contribution in [2.75, 3.05) is 0 Å². The zero-order valence-corrected chi connectivity index (χ0v) is 4.68. The van der Waals surface area contributed by atoms with Crippen LogP contribution >= 0.6 is 11.8 Å². The second-order valence-electron chi connectivity index (χ2n) is 1.29. The van der Waals surface area contributed by atoms with E-state index < -0.39 is 0 Å². The highest BCUT2D eigenvalue weighted by atomic mass is 35.5. The summed E-state index contributed by atoms with van der Waals surface area (Å²) in [6.45, 7) is 1.84. The number of hydrogen-bond donors (Lipinski definition) is 0. The SMILES string of the molecule is Cc1nccn1Cl. The molecule has 0 aliphatic rings. The van der Waals surface area contributed by atoms with Crippen molar-refractivity contribution >= 4 is 11.8 Å². The normalized spacial score (nSPS) is 9.43. The standard InChI is InChI=1S/C4H5ClN2/c1-4-6-2-3-7(4)5/h2-3H,1H3. The number of nitrogens with zero attached hydrogens (tertiary/aromatic N) is 2. The first kappa shape index (κ1) is 4.65. The minimum absolute atomic E-state index is 0.821. The minimum atomic E-state index is 0.821. The van der Waals surface area contributed by atoms with Gasteiger partial charge in [0.2, 0.25) is 0 Å². The van der Waals surface area contributed by atoms with E-state index in [9.17, 15) is 0 Å². The van der Waals surface area contributed by atoms with Crippen LogP contribution in [0.1, 0.15) is 5.82 Å². The molecule has 0 atom stereocenters. The van der Waals surface area contributed by atoms with Gasteiger partial charge in [0.15, 0.2) is 0 Å². The fourth-order valence-corrected chi connectivity index (χ4v) is 0.457. The van der Waals surface area contributed by atoms with Crippen molar-refractivity contribution in [2.45, 2.75) is 6.92 Å². The Morgan fingerprint density at radius 3 is 2.71 bits per heavy atom. The molecule has 1 aromatic heterocycles. The maximum absolute atomic E-state index is 5.48. The molecule has 0 bridgehead atoms. The Labute approximate surface area is 46.9 Å². The van der Waals surface area contributed by atoms with E-state index in [1.54, 1.807) is 12.4 Å². The second-order valence-corrected chi connectivity index (χ2v) is 1.65. The smallest absolute Gasteiger partial charge is 0.120 e. The highest BCUT2D eigenvalue weighted by Gasteiger charge is 1.86. The van der Waals surface area contributed by atoms with Crippen LogP contribution in [0.2, 0.25) is 0 Å². The molecule has 0 aliphatic carbocycles. The Morgan fingerprint density at radius 1 is 1.86 bits per heavy atom. The molecule has 7 heavy (non-hydrogen) atoms. The van der Waals surface area contributed by atoms with Crippen LogP contribution < -0.4 is 0 Å². The molecular formula is C4H5ClN2. The van der Waals surface area contributed by atoms with Crippen molar-refractivity contribution < 1.29 is 0 Å². The molecule has 3 heteroatoms. The first-order valence-electron chi connectivity index (χ1n) is 1.97. The molecule has 0 saturated heterocycles. The van der Waals surface area contributed by atoms with Crippen LogP contribution in [0.5, 0.6) is 0 Å². The zero-order valence-electron chi connectivity index (χ0n) is 3.93. The summed E-state index contributed by atoms with van der Waals surface area (Å²) in [7, 11) is 0. The highest BCUT2D eigenvalue weighted by Crippen LogP contribution is 1.94. The van der Waals surface area contributed by atoms with Crippen molar-refractivity contribution in [1.29, 1.82) is 0 Å². The van der Waals surface area contributed by atoms with Gasteiger partial charge in [0, 0.05) is 24.2 Å². The molecule has 0 amide bonds. The number of imidazole rings is 1. The van der Waals surface area contributed by atoms with Crippen molar-refractivity contribution in [3.05, 3.63) is 18.2 Å². The van der Waals surface area contributed by atoms with Gasteiger partial charge in [-0.15, -0.1) is 0 Å². The Morgan fingerprint density at radius 2 is 2.57 bits per heavy atom.